The summed E-state index contributed by atoms with van der Waals surface area (Å²) in [7, 11) is 7.07. The van der Waals surface area contributed by atoms with Gasteiger partial charge in [-0.05, 0) is 12.8 Å². The van der Waals surface area contributed by atoms with E-state index in [4.69, 9.17) is 13.3 Å². The summed E-state index contributed by atoms with van der Waals surface area (Å²) >= 11 is 0. The van der Waals surface area contributed by atoms with Crippen LogP contribution in [0.1, 0.15) is 46.0 Å². The number of quaternary nitrogens is 1. The zero-order valence-corrected chi connectivity index (χ0v) is 15.0. The summed E-state index contributed by atoms with van der Waals surface area (Å²) in [5.74, 6) is 0. The summed E-state index contributed by atoms with van der Waals surface area (Å²) in [6.45, 7) is 5.58. The summed E-state index contributed by atoms with van der Waals surface area (Å²) in [6, 6.07) is 0. The van der Waals surface area contributed by atoms with Gasteiger partial charge >= 0.3 is 8.80 Å². The minimum absolute atomic E-state index is 0.286. The molecule has 0 radical (unpaired) electrons. The topological polar surface area (TPSA) is 27.7 Å². The van der Waals surface area contributed by atoms with Crippen LogP contribution in [0.25, 0.3) is 0 Å². The zero-order valence-electron chi connectivity index (χ0n) is 14.0. The van der Waals surface area contributed by atoms with E-state index < -0.39 is 8.80 Å². The van der Waals surface area contributed by atoms with Gasteiger partial charge in [-0.3, -0.25) is 0 Å². The molecule has 1 atom stereocenters. The molecule has 5 heteroatoms. The Morgan fingerprint density at radius 1 is 0.895 bits per heavy atom. The van der Waals surface area contributed by atoms with Crippen molar-refractivity contribution in [3.8, 4) is 0 Å². The third kappa shape index (κ3) is 5.15. The van der Waals surface area contributed by atoms with Crippen molar-refractivity contribution >= 4 is 8.80 Å². The van der Waals surface area contributed by atoms with Crippen molar-refractivity contribution in [2.24, 2.45) is 0 Å². The first-order chi connectivity index (χ1) is 8.94. The van der Waals surface area contributed by atoms with Gasteiger partial charge in [0.05, 0.1) is 20.6 Å². The molecule has 0 aromatic rings. The average Bonchev–Trinajstić information content (AvgIpc) is 2.41. The van der Waals surface area contributed by atoms with Gasteiger partial charge in [0.1, 0.15) is 0 Å². The van der Waals surface area contributed by atoms with Gasteiger partial charge in [0.2, 0.25) is 0 Å². The van der Waals surface area contributed by atoms with Crippen molar-refractivity contribution in [2.75, 3.05) is 42.0 Å². The van der Waals surface area contributed by atoms with Crippen LogP contribution in [0.15, 0.2) is 0 Å². The molecule has 0 aliphatic rings. The predicted molar refractivity (Wildman–Crippen MR) is 82.0 cm³/mol. The maximum absolute atomic E-state index is 5.68. The Morgan fingerprint density at radius 2 is 1.42 bits per heavy atom. The summed E-state index contributed by atoms with van der Waals surface area (Å²) in [6.07, 6.45) is 6.15. The quantitative estimate of drug-likeness (QED) is 0.333. The monoisotopic (exact) mass is 292 g/mol. The Labute approximate surface area is 121 Å². The first-order valence-electron chi connectivity index (χ1n) is 7.42. The van der Waals surface area contributed by atoms with Crippen LogP contribution < -0.4 is 0 Å². The molecule has 0 saturated heterocycles. The van der Waals surface area contributed by atoms with Crippen molar-refractivity contribution in [3.63, 3.8) is 0 Å². The third-order valence-corrected chi connectivity index (χ3v) is 7.71. The molecule has 0 saturated carbocycles. The molecule has 0 aromatic heterocycles. The van der Waals surface area contributed by atoms with E-state index in [1.165, 1.54) is 25.7 Å². The molecule has 0 amide bonds. The molecule has 4 nitrogen and oxygen atoms in total. The Hall–Kier alpha value is 0.0569. The van der Waals surface area contributed by atoms with Crippen molar-refractivity contribution in [2.45, 2.75) is 51.6 Å². The van der Waals surface area contributed by atoms with Crippen molar-refractivity contribution in [3.05, 3.63) is 0 Å². The van der Waals surface area contributed by atoms with Crippen LogP contribution in [0.4, 0.5) is 0 Å². The lowest BCUT2D eigenvalue weighted by Gasteiger charge is -2.43. The molecule has 116 valence electrons. The number of hydrogen-bond donors (Lipinski definition) is 0. The standard InChI is InChI=1S/C14H34NO3Si/c1-8-10-11-12-13-15(3,4)14(9-2)19(16-5,17-6)18-7/h14H,8-13H2,1-7H3/q+1. The van der Waals surface area contributed by atoms with E-state index in [2.05, 4.69) is 27.9 Å². The lowest BCUT2D eigenvalue weighted by molar-refractivity contribution is -0.906. The molecule has 0 aliphatic carbocycles. The number of unbranched alkanes of at least 4 members (excludes halogenated alkanes) is 3. The Morgan fingerprint density at radius 3 is 1.79 bits per heavy atom. The molecule has 0 N–H and O–H groups in total. The fourth-order valence-corrected chi connectivity index (χ4v) is 5.73. The van der Waals surface area contributed by atoms with Gasteiger partial charge in [-0.2, -0.15) is 0 Å². The van der Waals surface area contributed by atoms with Crippen LogP contribution in [0, 0.1) is 0 Å². The Kier molecular flexibility index (Phi) is 9.10. The highest BCUT2D eigenvalue weighted by atomic mass is 28.4. The van der Waals surface area contributed by atoms with Crippen LogP contribution >= 0.6 is 0 Å². The average molecular weight is 293 g/mol. The molecule has 0 aromatic carbocycles. The minimum Gasteiger partial charge on any atom is -0.373 e. The minimum atomic E-state index is -2.58. The summed E-state index contributed by atoms with van der Waals surface area (Å²) in [4.78, 5) is 0. The van der Waals surface area contributed by atoms with Crippen molar-refractivity contribution < 1.29 is 17.8 Å². The maximum atomic E-state index is 5.68. The highest BCUT2D eigenvalue weighted by Crippen LogP contribution is 2.25. The SMILES string of the molecule is CCCCCC[N+](C)(C)C(CC)[Si](OC)(OC)OC. The summed E-state index contributed by atoms with van der Waals surface area (Å²) in [5, 5.41) is 0. The molecule has 0 bridgehead atoms. The van der Waals surface area contributed by atoms with Gasteiger partial charge in [-0.1, -0.05) is 26.7 Å². The molecule has 1 unspecified atom stereocenters. The van der Waals surface area contributed by atoms with Crippen LogP contribution in [0.3, 0.4) is 0 Å². The second-order valence-corrected chi connectivity index (χ2v) is 8.80. The molecule has 0 spiro atoms. The van der Waals surface area contributed by atoms with Crippen molar-refractivity contribution in [1.29, 1.82) is 0 Å². The Bertz CT molecular complexity index is 224. The Balaban J connectivity index is 4.78. The molecule has 19 heavy (non-hydrogen) atoms. The predicted octanol–water partition coefficient (Wildman–Crippen LogP) is 2.84. The second kappa shape index (κ2) is 9.08. The van der Waals surface area contributed by atoms with E-state index in [9.17, 15) is 0 Å². The van der Waals surface area contributed by atoms with E-state index in [0.717, 1.165) is 17.4 Å². The van der Waals surface area contributed by atoms with Crippen LogP contribution in [-0.2, 0) is 13.3 Å². The lowest BCUT2D eigenvalue weighted by Crippen LogP contribution is -2.67. The maximum Gasteiger partial charge on any atom is 0.561 e. The number of nitrogens with zero attached hydrogens (tertiary/aromatic N) is 1. The van der Waals surface area contributed by atoms with E-state index in [1.807, 2.05) is 0 Å². The zero-order chi connectivity index (χ0) is 14.9. The number of rotatable bonds is 11. The van der Waals surface area contributed by atoms with Crippen LogP contribution in [0.5, 0.6) is 0 Å². The van der Waals surface area contributed by atoms with E-state index in [-0.39, 0.29) is 5.67 Å². The molecular weight excluding hydrogens is 258 g/mol. The van der Waals surface area contributed by atoms with E-state index >= 15 is 0 Å². The van der Waals surface area contributed by atoms with Gasteiger partial charge in [0.25, 0.3) is 0 Å². The van der Waals surface area contributed by atoms with E-state index in [1.54, 1.807) is 21.3 Å². The third-order valence-electron chi connectivity index (χ3n) is 4.08. The first kappa shape index (κ1) is 19.1. The molecule has 0 fully saturated rings. The fraction of sp³-hybridized carbons (Fsp3) is 1.00. The van der Waals surface area contributed by atoms with Gasteiger partial charge < -0.3 is 17.8 Å². The van der Waals surface area contributed by atoms with Gasteiger partial charge in [-0.25, -0.2) is 0 Å². The highest BCUT2D eigenvalue weighted by Gasteiger charge is 2.55. The first-order valence-corrected chi connectivity index (χ1v) is 9.22. The fourth-order valence-electron chi connectivity index (χ4n) is 2.93. The molecule has 0 rings (SSSR count). The van der Waals surface area contributed by atoms with E-state index in [0.29, 0.717) is 0 Å². The molecule has 0 heterocycles. The van der Waals surface area contributed by atoms with Gasteiger partial charge in [0, 0.05) is 27.8 Å². The van der Waals surface area contributed by atoms with Crippen molar-refractivity contribution in [1.82, 2.24) is 0 Å². The molecular formula is C14H34NO3Si+. The molecule has 0 aliphatic heterocycles. The summed E-state index contributed by atoms with van der Waals surface area (Å²) in [5.41, 5.74) is 0.286. The highest BCUT2D eigenvalue weighted by molar-refractivity contribution is 6.62. The largest absolute Gasteiger partial charge is 0.561 e. The number of hydrogen-bond acceptors (Lipinski definition) is 3. The lowest BCUT2D eigenvalue weighted by atomic mass is 10.2. The van der Waals surface area contributed by atoms with Crippen LogP contribution in [-0.4, -0.2) is 60.9 Å². The smallest absolute Gasteiger partial charge is 0.373 e. The van der Waals surface area contributed by atoms with Gasteiger partial charge in [-0.15, -0.1) is 0 Å². The normalized spacial score (nSPS) is 14.7. The van der Waals surface area contributed by atoms with Crippen LogP contribution in [0.2, 0.25) is 0 Å². The summed E-state index contributed by atoms with van der Waals surface area (Å²) < 4.78 is 18.0. The van der Waals surface area contributed by atoms with Gasteiger partial charge in [0.15, 0.2) is 5.67 Å². The second-order valence-electron chi connectivity index (χ2n) is 5.70.